The number of rotatable bonds is 4. The molecule has 78 valence electrons. The van der Waals surface area contributed by atoms with Gasteiger partial charge in [-0.2, -0.15) is 0 Å². The van der Waals surface area contributed by atoms with Crippen LogP contribution in [-0.2, 0) is 6.42 Å². The molecule has 3 heteroatoms. The van der Waals surface area contributed by atoms with Gasteiger partial charge in [0.2, 0.25) is 0 Å². The Morgan fingerprint density at radius 1 is 1.27 bits per heavy atom. The zero-order chi connectivity index (χ0) is 10.5. The lowest BCUT2D eigenvalue weighted by Crippen LogP contribution is -2.09. The molecule has 1 N–H and O–H groups in total. The van der Waals surface area contributed by atoms with Crippen molar-refractivity contribution in [2.24, 2.45) is 0 Å². The first kappa shape index (κ1) is 10.3. The molecule has 0 atom stereocenters. The van der Waals surface area contributed by atoms with Gasteiger partial charge in [0.15, 0.2) is 0 Å². The van der Waals surface area contributed by atoms with Crippen LogP contribution in [0.1, 0.15) is 4.88 Å². The predicted octanol–water partition coefficient (Wildman–Crippen LogP) is 2.57. The highest BCUT2D eigenvalue weighted by atomic mass is 32.1. The first-order chi connectivity index (χ1) is 7.42. The Kier molecular flexibility index (Phi) is 3.48. The second-order valence-corrected chi connectivity index (χ2v) is 4.28. The van der Waals surface area contributed by atoms with E-state index >= 15 is 0 Å². The van der Waals surface area contributed by atoms with Crippen LogP contribution in [-0.4, -0.2) is 18.6 Å². The molecule has 1 aromatic heterocycles. The zero-order valence-electron chi connectivity index (χ0n) is 8.73. The summed E-state index contributed by atoms with van der Waals surface area (Å²) in [5.41, 5.74) is 4.27. The normalized spacial score (nSPS) is 10.5. The lowest BCUT2D eigenvalue weighted by atomic mass is 10.1. The molecule has 0 unspecified atom stereocenters. The highest BCUT2D eigenvalue weighted by molar-refractivity contribution is 7.10. The van der Waals surface area contributed by atoms with Crippen molar-refractivity contribution in [3.63, 3.8) is 0 Å². The Morgan fingerprint density at radius 2 is 2.07 bits per heavy atom. The summed E-state index contributed by atoms with van der Waals surface area (Å²) in [5, 5.41) is 3.16. The number of likely N-dealkylation sites (N-methyl/N-ethyl adjacent to an activating group) is 1. The van der Waals surface area contributed by atoms with Crippen LogP contribution in [0.4, 0.5) is 0 Å². The highest BCUT2D eigenvalue weighted by Crippen LogP contribution is 2.25. The van der Waals surface area contributed by atoms with Crippen molar-refractivity contribution in [2.45, 2.75) is 6.42 Å². The van der Waals surface area contributed by atoms with Crippen LogP contribution in [0.5, 0.6) is 0 Å². The van der Waals surface area contributed by atoms with E-state index in [1.165, 1.54) is 10.4 Å². The average Bonchev–Trinajstić information content (AvgIpc) is 2.75. The van der Waals surface area contributed by atoms with Gasteiger partial charge in [0.05, 0.1) is 11.2 Å². The van der Waals surface area contributed by atoms with Crippen molar-refractivity contribution in [3.8, 4) is 11.3 Å². The molecule has 0 fully saturated rings. The van der Waals surface area contributed by atoms with E-state index in [-0.39, 0.29) is 0 Å². The molecule has 0 amide bonds. The van der Waals surface area contributed by atoms with E-state index in [2.05, 4.69) is 34.6 Å². The number of hydrogen-bond donors (Lipinski definition) is 1. The third-order valence-electron chi connectivity index (χ3n) is 2.29. The Bertz CT molecular complexity index is 409. The Balaban J connectivity index is 2.25. The van der Waals surface area contributed by atoms with Crippen LogP contribution >= 0.6 is 11.3 Å². The van der Waals surface area contributed by atoms with E-state index in [1.54, 1.807) is 11.3 Å². The predicted molar refractivity (Wildman–Crippen MR) is 65.2 cm³/mol. The van der Waals surface area contributed by atoms with Crippen molar-refractivity contribution in [1.82, 2.24) is 10.3 Å². The number of hydrogen-bond acceptors (Lipinski definition) is 3. The fourth-order valence-corrected chi connectivity index (χ4v) is 2.31. The molecule has 0 radical (unpaired) electrons. The molecular weight excluding hydrogens is 204 g/mol. The first-order valence-electron chi connectivity index (χ1n) is 5.04. The van der Waals surface area contributed by atoms with E-state index in [9.17, 15) is 0 Å². The Hall–Kier alpha value is -1.19. The molecule has 15 heavy (non-hydrogen) atoms. The van der Waals surface area contributed by atoms with Crippen molar-refractivity contribution in [1.29, 1.82) is 0 Å². The smallest absolute Gasteiger partial charge is 0.0843 e. The van der Waals surface area contributed by atoms with E-state index < -0.39 is 0 Å². The topological polar surface area (TPSA) is 24.9 Å². The minimum atomic E-state index is 1.00. The van der Waals surface area contributed by atoms with Gasteiger partial charge in [0, 0.05) is 10.4 Å². The van der Waals surface area contributed by atoms with Crippen molar-refractivity contribution in [2.75, 3.05) is 13.6 Å². The fourth-order valence-electron chi connectivity index (χ4n) is 1.52. The maximum absolute atomic E-state index is 4.43. The fraction of sp³-hybridized carbons (Fsp3) is 0.250. The summed E-state index contributed by atoms with van der Waals surface area (Å²) in [6, 6.07) is 10.4. The van der Waals surface area contributed by atoms with Crippen molar-refractivity contribution in [3.05, 3.63) is 40.7 Å². The molecule has 0 spiro atoms. The molecule has 0 bridgehead atoms. The van der Waals surface area contributed by atoms with E-state index in [1.807, 2.05) is 18.6 Å². The van der Waals surface area contributed by atoms with Crippen molar-refractivity contribution < 1.29 is 0 Å². The molecule has 2 rings (SSSR count). The van der Waals surface area contributed by atoms with Crippen LogP contribution < -0.4 is 5.32 Å². The minimum Gasteiger partial charge on any atom is -0.319 e. The quantitative estimate of drug-likeness (QED) is 0.853. The van der Waals surface area contributed by atoms with Crippen LogP contribution in [0.25, 0.3) is 11.3 Å². The SMILES string of the molecule is CNCCc1scnc1-c1ccccc1. The molecule has 1 aromatic carbocycles. The van der Waals surface area contributed by atoms with Gasteiger partial charge in [-0.25, -0.2) is 4.98 Å². The molecule has 2 nitrogen and oxygen atoms in total. The summed E-state index contributed by atoms with van der Waals surface area (Å²) >= 11 is 1.73. The maximum Gasteiger partial charge on any atom is 0.0843 e. The molecule has 0 aliphatic carbocycles. The van der Waals surface area contributed by atoms with Crippen LogP contribution in [0.15, 0.2) is 35.8 Å². The maximum atomic E-state index is 4.43. The van der Waals surface area contributed by atoms with Crippen LogP contribution in [0, 0.1) is 0 Å². The van der Waals surface area contributed by atoms with E-state index in [0.29, 0.717) is 0 Å². The second-order valence-electron chi connectivity index (χ2n) is 3.34. The summed E-state index contributed by atoms with van der Waals surface area (Å²) in [4.78, 5) is 5.79. The number of aromatic nitrogens is 1. The van der Waals surface area contributed by atoms with E-state index in [4.69, 9.17) is 0 Å². The summed E-state index contributed by atoms with van der Waals surface area (Å²) in [5.74, 6) is 0. The Morgan fingerprint density at radius 3 is 2.80 bits per heavy atom. The lowest BCUT2D eigenvalue weighted by Gasteiger charge is -2.01. The molecule has 0 saturated heterocycles. The number of benzene rings is 1. The van der Waals surface area contributed by atoms with Gasteiger partial charge in [-0.05, 0) is 20.0 Å². The average molecular weight is 218 g/mol. The summed E-state index contributed by atoms with van der Waals surface area (Å²) in [6.45, 7) is 1.00. The molecule has 0 aliphatic rings. The molecule has 1 heterocycles. The monoisotopic (exact) mass is 218 g/mol. The third kappa shape index (κ3) is 2.43. The third-order valence-corrected chi connectivity index (χ3v) is 3.18. The van der Waals surface area contributed by atoms with E-state index in [0.717, 1.165) is 18.7 Å². The number of nitrogens with zero attached hydrogens (tertiary/aromatic N) is 1. The first-order valence-corrected chi connectivity index (χ1v) is 5.92. The highest BCUT2D eigenvalue weighted by Gasteiger charge is 2.07. The standard InChI is InChI=1S/C12H14N2S/c1-13-8-7-11-12(14-9-15-11)10-5-3-2-4-6-10/h2-6,9,13H,7-8H2,1H3. The second kappa shape index (κ2) is 5.05. The summed E-state index contributed by atoms with van der Waals surface area (Å²) < 4.78 is 0. The molecule has 0 aliphatic heterocycles. The van der Waals surface area contributed by atoms with Gasteiger partial charge in [-0.3, -0.25) is 0 Å². The molecule has 0 saturated carbocycles. The van der Waals surface area contributed by atoms with Gasteiger partial charge in [0.25, 0.3) is 0 Å². The largest absolute Gasteiger partial charge is 0.319 e. The minimum absolute atomic E-state index is 1.00. The van der Waals surface area contributed by atoms with Gasteiger partial charge < -0.3 is 5.32 Å². The lowest BCUT2D eigenvalue weighted by molar-refractivity contribution is 0.799. The van der Waals surface area contributed by atoms with Gasteiger partial charge in [0.1, 0.15) is 0 Å². The zero-order valence-corrected chi connectivity index (χ0v) is 9.55. The Labute approximate surface area is 94.0 Å². The van der Waals surface area contributed by atoms with Crippen LogP contribution in [0.2, 0.25) is 0 Å². The van der Waals surface area contributed by atoms with Gasteiger partial charge in [-0.1, -0.05) is 30.3 Å². The van der Waals surface area contributed by atoms with Gasteiger partial charge in [-0.15, -0.1) is 11.3 Å². The number of nitrogens with one attached hydrogen (secondary N) is 1. The van der Waals surface area contributed by atoms with Gasteiger partial charge >= 0.3 is 0 Å². The summed E-state index contributed by atoms with van der Waals surface area (Å²) in [7, 11) is 1.98. The number of thiazole rings is 1. The summed E-state index contributed by atoms with van der Waals surface area (Å²) in [6.07, 6.45) is 1.05. The molecule has 2 aromatic rings. The van der Waals surface area contributed by atoms with Crippen LogP contribution in [0.3, 0.4) is 0 Å². The van der Waals surface area contributed by atoms with Crippen molar-refractivity contribution >= 4 is 11.3 Å². The molecular formula is C12H14N2S.